The van der Waals surface area contributed by atoms with Gasteiger partial charge in [-0.2, -0.15) is 0 Å². The molecule has 0 aliphatic carbocycles. The number of nitrogens with one attached hydrogen (secondary N) is 1. The molecule has 1 unspecified atom stereocenters. The largest absolute Gasteiger partial charge is 0.380 e. The Bertz CT molecular complexity index is 179. The summed E-state index contributed by atoms with van der Waals surface area (Å²) in [6.07, 6.45) is 2.29. The molecular weight excluding hydrogens is 216 g/mol. The van der Waals surface area contributed by atoms with Crippen LogP contribution in [0, 0.1) is 0 Å². The Morgan fingerprint density at radius 2 is 2.18 bits per heavy atom. The van der Waals surface area contributed by atoms with Gasteiger partial charge in [0.25, 0.3) is 0 Å². The van der Waals surface area contributed by atoms with E-state index in [0.29, 0.717) is 6.04 Å². The molecule has 0 bridgehead atoms. The second kappa shape index (κ2) is 9.83. The molecule has 1 N–H and O–H groups in total. The summed E-state index contributed by atoms with van der Waals surface area (Å²) in [5.74, 6) is 0. The van der Waals surface area contributed by atoms with Crippen LogP contribution < -0.4 is 5.32 Å². The van der Waals surface area contributed by atoms with Crippen molar-refractivity contribution in [1.29, 1.82) is 0 Å². The van der Waals surface area contributed by atoms with Gasteiger partial charge in [-0.1, -0.05) is 13.8 Å². The van der Waals surface area contributed by atoms with Crippen molar-refractivity contribution < 1.29 is 9.47 Å². The highest BCUT2D eigenvalue weighted by Crippen LogP contribution is 2.05. The fourth-order valence-corrected chi connectivity index (χ4v) is 2.05. The third-order valence-electron chi connectivity index (χ3n) is 3.03. The van der Waals surface area contributed by atoms with Crippen molar-refractivity contribution in [2.24, 2.45) is 0 Å². The Labute approximate surface area is 106 Å². The van der Waals surface area contributed by atoms with E-state index in [9.17, 15) is 0 Å². The fourth-order valence-electron chi connectivity index (χ4n) is 2.05. The minimum absolute atomic E-state index is 0.514. The van der Waals surface area contributed by atoms with Gasteiger partial charge < -0.3 is 14.8 Å². The summed E-state index contributed by atoms with van der Waals surface area (Å²) in [5, 5.41) is 3.47. The SMILES string of the molecule is CCCNCC1COCCN1CCOCCC. The van der Waals surface area contributed by atoms with E-state index in [2.05, 4.69) is 24.1 Å². The average molecular weight is 244 g/mol. The van der Waals surface area contributed by atoms with Crippen LogP contribution in [0.1, 0.15) is 26.7 Å². The molecule has 0 amide bonds. The van der Waals surface area contributed by atoms with Crippen LogP contribution in [0.5, 0.6) is 0 Å². The maximum absolute atomic E-state index is 5.56. The normalized spacial score (nSPS) is 21.9. The molecular formula is C13H28N2O2. The van der Waals surface area contributed by atoms with E-state index in [-0.39, 0.29) is 0 Å². The van der Waals surface area contributed by atoms with Gasteiger partial charge in [-0.3, -0.25) is 4.90 Å². The number of rotatable bonds is 9. The zero-order valence-corrected chi connectivity index (χ0v) is 11.4. The van der Waals surface area contributed by atoms with Gasteiger partial charge in [0, 0.05) is 32.3 Å². The Hall–Kier alpha value is -0.160. The number of ether oxygens (including phenoxy) is 2. The van der Waals surface area contributed by atoms with Crippen LogP contribution in [0.2, 0.25) is 0 Å². The zero-order valence-electron chi connectivity index (χ0n) is 11.4. The highest BCUT2D eigenvalue weighted by molar-refractivity contribution is 4.77. The highest BCUT2D eigenvalue weighted by atomic mass is 16.5. The molecule has 1 aliphatic heterocycles. The van der Waals surface area contributed by atoms with Gasteiger partial charge in [-0.15, -0.1) is 0 Å². The molecule has 4 heteroatoms. The van der Waals surface area contributed by atoms with Gasteiger partial charge in [0.05, 0.1) is 19.8 Å². The Kier molecular flexibility index (Phi) is 8.61. The van der Waals surface area contributed by atoms with E-state index in [1.54, 1.807) is 0 Å². The van der Waals surface area contributed by atoms with Crippen LogP contribution >= 0.6 is 0 Å². The molecule has 4 nitrogen and oxygen atoms in total. The van der Waals surface area contributed by atoms with Gasteiger partial charge >= 0.3 is 0 Å². The lowest BCUT2D eigenvalue weighted by molar-refractivity contribution is -0.0194. The van der Waals surface area contributed by atoms with Crippen molar-refractivity contribution in [2.45, 2.75) is 32.7 Å². The molecule has 0 aromatic heterocycles. The number of nitrogens with zero attached hydrogens (tertiary/aromatic N) is 1. The van der Waals surface area contributed by atoms with Crippen LogP contribution in [-0.4, -0.2) is 63.5 Å². The summed E-state index contributed by atoms with van der Waals surface area (Å²) in [6.45, 7) is 12.0. The van der Waals surface area contributed by atoms with Crippen LogP contribution in [0.15, 0.2) is 0 Å². The van der Waals surface area contributed by atoms with Gasteiger partial charge in [-0.25, -0.2) is 0 Å². The summed E-state index contributed by atoms with van der Waals surface area (Å²) in [6, 6.07) is 0.514. The first kappa shape index (κ1) is 14.9. The molecule has 1 saturated heterocycles. The molecule has 0 saturated carbocycles. The van der Waals surface area contributed by atoms with Gasteiger partial charge in [0.1, 0.15) is 0 Å². The topological polar surface area (TPSA) is 33.7 Å². The van der Waals surface area contributed by atoms with Crippen molar-refractivity contribution >= 4 is 0 Å². The molecule has 1 aliphatic rings. The lowest BCUT2D eigenvalue weighted by Crippen LogP contribution is -2.51. The third kappa shape index (κ3) is 6.36. The summed E-state index contributed by atoms with van der Waals surface area (Å²) in [5.41, 5.74) is 0. The molecule has 17 heavy (non-hydrogen) atoms. The van der Waals surface area contributed by atoms with Crippen LogP contribution in [0.25, 0.3) is 0 Å². The highest BCUT2D eigenvalue weighted by Gasteiger charge is 2.21. The maximum Gasteiger partial charge on any atom is 0.0634 e. The first-order chi connectivity index (χ1) is 8.38. The van der Waals surface area contributed by atoms with E-state index in [4.69, 9.17) is 9.47 Å². The lowest BCUT2D eigenvalue weighted by atomic mass is 10.2. The minimum Gasteiger partial charge on any atom is -0.380 e. The first-order valence-electron chi connectivity index (χ1n) is 6.98. The molecule has 0 aromatic carbocycles. The second-order valence-electron chi connectivity index (χ2n) is 4.58. The lowest BCUT2D eigenvalue weighted by Gasteiger charge is -2.35. The van der Waals surface area contributed by atoms with Crippen molar-refractivity contribution in [3.8, 4) is 0 Å². The first-order valence-corrected chi connectivity index (χ1v) is 6.98. The summed E-state index contributed by atoms with van der Waals surface area (Å²) < 4.78 is 11.1. The van der Waals surface area contributed by atoms with Crippen molar-refractivity contribution in [2.75, 3.05) is 52.6 Å². The smallest absolute Gasteiger partial charge is 0.0634 e. The van der Waals surface area contributed by atoms with E-state index < -0.39 is 0 Å². The minimum atomic E-state index is 0.514. The number of hydrogen-bond donors (Lipinski definition) is 1. The van der Waals surface area contributed by atoms with Crippen molar-refractivity contribution in [3.63, 3.8) is 0 Å². The predicted octanol–water partition coefficient (Wildman–Crippen LogP) is 1.11. The third-order valence-corrected chi connectivity index (χ3v) is 3.03. The summed E-state index contributed by atoms with van der Waals surface area (Å²) in [4.78, 5) is 2.49. The average Bonchev–Trinajstić information content (AvgIpc) is 2.36. The van der Waals surface area contributed by atoms with E-state index >= 15 is 0 Å². The van der Waals surface area contributed by atoms with E-state index in [1.165, 1.54) is 6.42 Å². The predicted molar refractivity (Wildman–Crippen MR) is 70.5 cm³/mol. The molecule has 1 rings (SSSR count). The van der Waals surface area contributed by atoms with E-state index in [1.807, 2.05) is 0 Å². The maximum atomic E-state index is 5.56. The molecule has 102 valence electrons. The fraction of sp³-hybridized carbons (Fsp3) is 1.00. The molecule has 0 spiro atoms. The summed E-state index contributed by atoms with van der Waals surface area (Å²) in [7, 11) is 0. The van der Waals surface area contributed by atoms with Gasteiger partial charge in [-0.05, 0) is 19.4 Å². The molecule has 1 atom stereocenters. The quantitative estimate of drug-likeness (QED) is 0.616. The zero-order chi connectivity index (χ0) is 12.3. The van der Waals surface area contributed by atoms with Crippen molar-refractivity contribution in [1.82, 2.24) is 10.2 Å². The van der Waals surface area contributed by atoms with Crippen LogP contribution in [-0.2, 0) is 9.47 Å². The Morgan fingerprint density at radius 1 is 1.29 bits per heavy atom. The molecule has 1 fully saturated rings. The Morgan fingerprint density at radius 3 is 2.94 bits per heavy atom. The van der Waals surface area contributed by atoms with Gasteiger partial charge in [0.2, 0.25) is 0 Å². The monoisotopic (exact) mass is 244 g/mol. The Balaban J connectivity index is 2.17. The standard InChI is InChI=1S/C13H28N2O2/c1-3-5-14-11-13-12-17-10-7-15(13)6-9-16-8-4-2/h13-14H,3-12H2,1-2H3. The van der Waals surface area contributed by atoms with Crippen molar-refractivity contribution in [3.05, 3.63) is 0 Å². The van der Waals surface area contributed by atoms with Crippen LogP contribution in [0.4, 0.5) is 0 Å². The van der Waals surface area contributed by atoms with Crippen LogP contribution in [0.3, 0.4) is 0 Å². The molecule has 1 heterocycles. The van der Waals surface area contributed by atoms with Gasteiger partial charge in [0.15, 0.2) is 0 Å². The molecule has 0 aromatic rings. The number of morpholine rings is 1. The molecule has 0 radical (unpaired) electrons. The van der Waals surface area contributed by atoms with E-state index in [0.717, 1.165) is 59.0 Å². The summed E-state index contributed by atoms with van der Waals surface area (Å²) >= 11 is 0. The second-order valence-corrected chi connectivity index (χ2v) is 4.58. The number of hydrogen-bond acceptors (Lipinski definition) is 4.